The lowest BCUT2D eigenvalue weighted by atomic mass is 9.84. The average Bonchev–Trinajstić information content (AvgIpc) is 2.61. The van der Waals surface area contributed by atoms with Gasteiger partial charge in [-0.3, -0.25) is 4.90 Å². The number of hydrogen-bond acceptors (Lipinski definition) is 5. The van der Waals surface area contributed by atoms with Crippen LogP contribution in [0.1, 0.15) is 29.6 Å². The number of carbonyl (C=O) groups is 1. The summed E-state index contributed by atoms with van der Waals surface area (Å²) in [5, 5.41) is 0. The SMILES string of the molecule is COC(=O)c1ccccc1OCCN1CC[C@H]2[C@@H](CCCN2C)C1. The predicted molar refractivity (Wildman–Crippen MR) is 93.5 cm³/mol. The van der Waals surface area contributed by atoms with Crippen molar-refractivity contribution in [3.63, 3.8) is 0 Å². The summed E-state index contributed by atoms with van der Waals surface area (Å²) in [5.74, 6) is 1.05. The van der Waals surface area contributed by atoms with Crippen LogP contribution in [0.3, 0.4) is 0 Å². The van der Waals surface area contributed by atoms with E-state index in [0.717, 1.165) is 31.6 Å². The maximum atomic E-state index is 11.8. The molecule has 0 bridgehead atoms. The zero-order valence-corrected chi connectivity index (χ0v) is 14.7. The van der Waals surface area contributed by atoms with Gasteiger partial charge in [0.15, 0.2) is 0 Å². The first-order valence-electron chi connectivity index (χ1n) is 8.92. The van der Waals surface area contributed by atoms with E-state index in [0.29, 0.717) is 17.9 Å². The second-order valence-electron chi connectivity index (χ2n) is 6.88. The number of piperidine rings is 2. The van der Waals surface area contributed by atoms with Crippen LogP contribution >= 0.6 is 0 Å². The Morgan fingerprint density at radius 3 is 2.92 bits per heavy atom. The summed E-state index contributed by atoms with van der Waals surface area (Å²) >= 11 is 0. The Bertz CT molecular complexity index is 563. The molecule has 0 amide bonds. The van der Waals surface area contributed by atoms with E-state index < -0.39 is 0 Å². The number of methoxy groups -OCH3 is 1. The minimum absolute atomic E-state index is 0.350. The Morgan fingerprint density at radius 2 is 2.08 bits per heavy atom. The van der Waals surface area contributed by atoms with Crippen molar-refractivity contribution in [2.24, 2.45) is 5.92 Å². The van der Waals surface area contributed by atoms with Gasteiger partial charge in [-0.1, -0.05) is 12.1 Å². The molecule has 0 saturated carbocycles. The molecule has 24 heavy (non-hydrogen) atoms. The van der Waals surface area contributed by atoms with E-state index in [1.807, 2.05) is 18.2 Å². The van der Waals surface area contributed by atoms with Crippen LogP contribution in [0.15, 0.2) is 24.3 Å². The van der Waals surface area contributed by atoms with E-state index in [1.54, 1.807) is 6.07 Å². The van der Waals surface area contributed by atoms with Crippen LogP contribution in [-0.2, 0) is 4.74 Å². The lowest BCUT2D eigenvalue weighted by Crippen LogP contribution is -2.53. The quantitative estimate of drug-likeness (QED) is 0.774. The maximum absolute atomic E-state index is 11.8. The monoisotopic (exact) mass is 332 g/mol. The molecular weight excluding hydrogens is 304 g/mol. The third-order valence-electron chi connectivity index (χ3n) is 5.39. The van der Waals surface area contributed by atoms with Crippen molar-refractivity contribution in [1.82, 2.24) is 9.80 Å². The van der Waals surface area contributed by atoms with Gasteiger partial charge in [0, 0.05) is 19.1 Å². The zero-order chi connectivity index (χ0) is 16.9. The molecule has 3 rings (SSSR count). The smallest absolute Gasteiger partial charge is 0.341 e. The fraction of sp³-hybridized carbons (Fsp3) is 0.632. The number of rotatable bonds is 5. The number of ether oxygens (including phenoxy) is 2. The Kier molecular flexibility index (Phi) is 5.74. The Hall–Kier alpha value is -1.59. The van der Waals surface area contributed by atoms with Crippen molar-refractivity contribution in [2.45, 2.75) is 25.3 Å². The van der Waals surface area contributed by atoms with Crippen LogP contribution in [0.25, 0.3) is 0 Å². The number of carbonyl (C=O) groups excluding carboxylic acids is 1. The summed E-state index contributed by atoms with van der Waals surface area (Å²) in [7, 11) is 3.66. The van der Waals surface area contributed by atoms with E-state index in [1.165, 1.54) is 32.9 Å². The summed E-state index contributed by atoms with van der Waals surface area (Å²) < 4.78 is 10.7. The van der Waals surface area contributed by atoms with E-state index in [2.05, 4.69) is 16.8 Å². The first-order chi connectivity index (χ1) is 11.7. The van der Waals surface area contributed by atoms with Crippen LogP contribution in [0.4, 0.5) is 0 Å². The number of hydrogen-bond donors (Lipinski definition) is 0. The molecule has 132 valence electrons. The van der Waals surface area contributed by atoms with Crippen molar-refractivity contribution in [3.8, 4) is 5.75 Å². The van der Waals surface area contributed by atoms with Crippen LogP contribution in [0, 0.1) is 5.92 Å². The lowest BCUT2D eigenvalue weighted by molar-refractivity contribution is 0.0336. The molecule has 5 nitrogen and oxygen atoms in total. The number of nitrogens with zero attached hydrogens (tertiary/aromatic N) is 2. The Balaban J connectivity index is 1.50. The van der Waals surface area contributed by atoms with E-state index in [4.69, 9.17) is 9.47 Å². The van der Waals surface area contributed by atoms with Gasteiger partial charge >= 0.3 is 5.97 Å². The van der Waals surface area contributed by atoms with Gasteiger partial charge in [-0.15, -0.1) is 0 Å². The van der Waals surface area contributed by atoms with Gasteiger partial charge in [0.25, 0.3) is 0 Å². The molecule has 0 aliphatic carbocycles. The van der Waals surface area contributed by atoms with Crippen molar-refractivity contribution < 1.29 is 14.3 Å². The molecular formula is C19H28N2O3. The molecule has 0 unspecified atom stereocenters. The van der Waals surface area contributed by atoms with Crippen molar-refractivity contribution >= 4 is 5.97 Å². The second-order valence-corrected chi connectivity index (χ2v) is 6.88. The van der Waals surface area contributed by atoms with Gasteiger partial charge in [-0.2, -0.15) is 0 Å². The molecule has 5 heteroatoms. The molecule has 2 heterocycles. The average molecular weight is 332 g/mol. The molecule has 0 N–H and O–H groups in total. The molecule has 0 radical (unpaired) electrons. The van der Waals surface area contributed by atoms with E-state index in [-0.39, 0.29) is 5.97 Å². The largest absolute Gasteiger partial charge is 0.491 e. The summed E-state index contributed by atoms with van der Waals surface area (Å²) in [6.45, 7) is 5.04. The highest BCUT2D eigenvalue weighted by Gasteiger charge is 2.33. The Morgan fingerprint density at radius 1 is 1.25 bits per heavy atom. The third-order valence-corrected chi connectivity index (χ3v) is 5.39. The first-order valence-corrected chi connectivity index (χ1v) is 8.92. The topological polar surface area (TPSA) is 42.0 Å². The van der Waals surface area contributed by atoms with Gasteiger partial charge < -0.3 is 14.4 Å². The standard InChI is InChI=1S/C19H28N2O3/c1-20-10-5-6-15-14-21(11-9-17(15)20)12-13-24-18-8-4-3-7-16(18)19(22)23-2/h3-4,7-8,15,17H,5-6,9-14H2,1-2H3/t15-,17-/m0/s1. The normalized spacial score (nSPS) is 25.1. The highest BCUT2D eigenvalue weighted by Crippen LogP contribution is 2.29. The van der Waals surface area contributed by atoms with Gasteiger partial charge in [-0.25, -0.2) is 4.79 Å². The number of para-hydroxylation sites is 1. The highest BCUT2D eigenvalue weighted by atomic mass is 16.5. The predicted octanol–water partition coefficient (Wildman–Crippen LogP) is 2.27. The molecule has 2 saturated heterocycles. The molecule has 1 aromatic rings. The molecule has 2 aliphatic rings. The second kappa shape index (κ2) is 7.99. The molecule has 0 aromatic heterocycles. The van der Waals surface area contributed by atoms with Crippen LogP contribution < -0.4 is 4.74 Å². The molecule has 2 fully saturated rings. The fourth-order valence-corrected chi connectivity index (χ4v) is 4.09. The summed E-state index contributed by atoms with van der Waals surface area (Å²) in [4.78, 5) is 16.8. The molecule has 2 atom stereocenters. The van der Waals surface area contributed by atoms with Crippen molar-refractivity contribution in [3.05, 3.63) is 29.8 Å². The van der Waals surface area contributed by atoms with Crippen LogP contribution in [-0.4, -0.2) is 68.8 Å². The molecule has 2 aliphatic heterocycles. The lowest BCUT2D eigenvalue weighted by Gasteiger charge is -2.46. The molecule has 1 aromatic carbocycles. The summed E-state index contributed by atoms with van der Waals surface area (Å²) in [6, 6.07) is 8.03. The van der Waals surface area contributed by atoms with Gasteiger partial charge in [-0.05, 0) is 57.5 Å². The summed E-state index contributed by atoms with van der Waals surface area (Å²) in [5.41, 5.74) is 0.493. The number of benzene rings is 1. The third kappa shape index (κ3) is 3.90. The fourth-order valence-electron chi connectivity index (χ4n) is 4.09. The summed E-state index contributed by atoms with van der Waals surface area (Å²) in [6.07, 6.45) is 3.91. The van der Waals surface area contributed by atoms with Crippen LogP contribution in [0.5, 0.6) is 5.75 Å². The minimum Gasteiger partial charge on any atom is -0.491 e. The first kappa shape index (κ1) is 17.2. The van der Waals surface area contributed by atoms with Crippen molar-refractivity contribution in [2.75, 3.05) is 46.9 Å². The zero-order valence-electron chi connectivity index (χ0n) is 14.7. The number of likely N-dealkylation sites (tertiary alicyclic amines) is 2. The van der Waals surface area contributed by atoms with E-state index in [9.17, 15) is 4.79 Å². The number of esters is 1. The molecule has 0 spiro atoms. The Labute approximate surface area is 144 Å². The van der Waals surface area contributed by atoms with E-state index >= 15 is 0 Å². The highest BCUT2D eigenvalue weighted by molar-refractivity contribution is 5.92. The van der Waals surface area contributed by atoms with Gasteiger partial charge in [0.1, 0.15) is 17.9 Å². The number of fused-ring (bicyclic) bond motifs is 1. The minimum atomic E-state index is -0.350. The van der Waals surface area contributed by atoms with Crippen LogP contribution in [0.2, 0.25) is 0 Å². The maximum Gasteiger partial charge on any atom is 0.341 e. The van der Waals surface area contributed by atoms with Crippen molar-refractivity contribution in [1.29, 1.82) is 0 Å². The van der Waals surface area contributed by atoms with Gasteiger partial charge in [0.05, 0.1) is 7.11 Å². The van der Waals surface area contributed by atoms with Gasteiger partial charge in [0.2, 0.25) is 0 Å².